The van der Waals surface area contributed by atoms with E-state index in [1.807, 2.05) is 6.07 Å². The Morgan fingerprint density at radius 2 is 2.17 bits per heavy atom. The predicted molar refractivity (Wildman–Crippen MR) is 80.9 cm³/mol. The van der Waals surface area contributed by atoms with E-state index in [0.29, 0.717) is 0 Å². The van der Waals surface area contributed by atoms with Gasteiger partial charge in [-0.05, 0) is 42.0 Å². The van der Waals surface area contributed by atoms with Gasteiger partial charge >= 0.3 is 0 Å². The fraction of sp³-hybridized carbons (Fsp3) is 0.615. The van der Waals surface area contributed by atoms with E-state index in [-0.39, 0.29) is 6.04 Å². The molecular weight excluding hydrogens is 310 g/mol. The van der Waals surface area contributed by atoms with Gasteiger partial charge in [-0.2, -0.15) is 5.26 Å². The molecule has 0 aliphatic rings. The number of thiophene rings is 1. The van der Waals surface area contributed by atoms with Crippen LogP contribution in [0.25, 0.3) is 0 Å². The summed E-state index contributed by atoms with van der Waals surface area (Å²) >= 11 is 5.16. The van der Waals surface area contributed by atoms with Crippen LogP contribution in [0.5, 0.6) is 0 Å². The van der Waals surface area contributed by atoms with Crippen LogP contribution in [-0.4, -0.2) is 31.1 Å². The third kappa shape index (κ3) is 4.36. The summed E-state index contributed by atoms with van der Waals surface area (Å²) in [5, 5.41) is 12.5. The van der Waals surface area contributed by atoms with E-state index in [9.17, 15) is 5.26 Å². The molecule has 1 aromatic rings. The van der Waals surface area contributed by atoms with Gasteiger partial charge in [0.2, 0.25) is 0 Å². The Balaban J connectivity index is 2.51. The van der Waals surface area contributed by atoms with Gasteiger partial charge in [0.15, 0.2) is 0 Å². The first-order chi connectivity index (χ1) is 8.62. The van der Waals surface area contributed by atoms with E-state index in [2.05, 4.69) is 53.0 Å². The normalized spacial score (nSPS) is 12.7. The summed E-state index contributed by atoms with van der Waals surface area (Å²) in [6, 6.07) is 4.17. The molecule has 0 spiro atoms. The predicted octanol–water partition coefficient (Wildman–Crippen LogP) is 3.32. The van der Waals surface area contributed by atoms with E-state index in [1.165, 1.54) is 4.88 Å². The number of nitrogens with one attached hydrogen (secondary N) is 1. The topological polar surface area (TPSA) is 39.1 Å². The molecule has 1 rings (SSSR count). The lowest BCUT2D eigenvalue weighted by atomic mass is 10.2. The zero-order valence-corrected chi connectivity index (χ0v) is 13.6. The summed E-state index contributed by atoms with van der Waals surface area (Å²) < 4.78 is 1.09. The maximum Gasteiger partial charge on any atom is 0.130 e. The van der Waals surface area contributed by atoms with Crippen LogP contribution in [0, 0.1) is 18.3 Å². The molecule has 0 aromatic carbocycles. The van der Waals surface area contributed by atoms with Crippen molar-refractivity contribution in [3.8, 4) is 6.07 Å². The van der Waals surface area contributed by atoms with Crippen LogP contribution >= 0.6 is 27.3 Å². The van der Waals surface area contributed by atoms with Crippen molar-refractivity contribution >= 4 is 27.3 Å². The van der Waals surface area contributed by atoms with Crippen LogP contribution in [0.4, 0.5) is 0 Å². The van der Waals surface area contributed by atoms with Gasteiger partial charge in [-0.3, -0.25) is 5.32 Å². The first-order valence-corrected chi connectivity index (χ1v) is 7.84. The first kappa shape index (κ1) is 15.6. The Bertz CT molecular complexity index is 387. The van der Waals surface area contributed by atoms with Crippen LogP contribution in [-0.2, 0) is 0 Å². The van der Waals surface area contributed by atoms with Crippen LogP contribution in [0.3, 0.4) is 0 Å². The minimum Gasteiger partial charge on any atom is -0.303 e. The monoisotopic (exact) mass is 329 g/mol. The number of nitriles is 1. The highest BCUT2D eigenvalue weighted by Crippen LogP contribution is 2.30. The van der Waals surface area contributed by atoms with Gasteiger partial charge < -0.3 is 4.90 Å². The van der Waals surface area contributed by atoms with Crippen molar-refractivity contribution in [3.05, 3.63) is 20.3 Å². The molecule has 1 aromatic heterocycles. The maximum absolute atomic E-state index is 9.22. The number of likely N-dealkylation sites (N-methyl/N-ethyl adjacent to an activating group) is 1. The fourth-order valence-electron chi connectivity index (χ4n) is 1.74. The third-order valence-corrected chi connectivity index (χ3v) is 5.16. The summed E-state index contributed by atoms with van der Waals surface area (Å²) in [5.41, 5.74) is 0. The molecule has 18 heavy (non-hydrogen) atoms. The van der Waals surface area contributed by atoms with E-state index in [4.69, 9.17) is 0 Å². The zero-order valence-electron chi connectivity index (χ0n) is 11.2. The second-order valence-electron chi connectivity index (χ2n) is 4.10. The molecule has 0 saturated heterocycles. The lowest BCUT2D eigenvalue weighted by Gasteiger charge is -2.19. The molecule has 5 heteroatoms. The number of nitrogens with zero attached hydrogens (tertiary/aromatic N) is 2. The van der Waals surface area contributed by atoms with Crippen molar-refractivity contribution in [2.75, 3.05) is 26.2 Å². The van der Waals surface area contributed by atoms with Crippen LogP contribution in [0.1, 0.15) is 29.6 Å². The molecule has 0 radical (unpaired) electrons. The van der Waals surface area contributed by atoms with Gasteiger partial charge in [0, 0.05) is 27.3 Å². The molecule has 0 saturated carbocycles. The van der Waals surface area contributed by atoms with Crippen LogP contribution < -0.4 is 5.32 Å². The molecule has 0 amide bonds. The van der Waals surface area contributed by atoms with Crippen molar-refractivity contribution in [1.29, 1.82) is 5.26 Å². The Labute approximate surface area is 122 Å². The summed E-state index contributed by atoms with van der Waals surface area (Å²) in [5.74, 6) is 0. The molecular formula is C13H20BrN3S. The average molecular weight is 330 g/mol. The number of rotatable bonds is 7. The highest BCUT2D eigenvalue weighted by Gasteiger charge is 2.14. The summed E-state index contributed by atoms with van der Waals surface area (Å²) in [7, 11) is 0. The number of hydrogen-bond donors (Lipinski definition) is 1. The van der Waals surface area contributed by atoms with Crippen LogP contribution in [0.15, 0.2) is 10.5 Å². The Morgan fingerprint density at radius 3 is 2.61 bits per heavy atom. The lowest BCUT2D eigenvalue weighted by molar-refractivity contribution is 0.300. The largest absolute Gasteiger partial charge is 0.303 e. The number of hydrogen-bond acceptors (Lipinski definition) is 4. The highest BCUT2D eigenvalue weighted by atomic mass is 79.9. The van der Waals surface area contributed by atoms with Gasteiger partial charge in [0.1, 0.15) is 6.04 Å². The van der Waals surface area contributed by atoms with Crippen molar-refractivity contribution in [3.63, 3.8) is 0 Å². The Kier molecular flexibility index (Phi) is 6.87. The van der Waals surface area contributed by atoms with Gasteiger partial charge in [0.25, 0.3) is 0 Å². The number of halogens is 1. The molecule has 1 heterocycles. The van der Waals surface area contributed by atoms with E-state index in [0.717, 1.165) is 35.5 Å². The molecule has 1 N–H and O–H groups in total. The third-order valence-electron chi connectivity index (χ3n) is 2.96. The molecule has 1 unspecified atom stereocenters. The Hall–Kier alpha value is -0.410. The van der Waals surface area contributed by atoms with E-state index < -0.39 is 0 Å². The van der Waals surface area contributed by atoms with Crippen LogP contribution in [0.2, 0.25) is 0 Å². The smallest absolute Gasteiger partial charge is 0.130 e. The molecule has 0 aliphatic heterocycles. The minimum atomic E-state index is -0.199. The molecule has 3 nitrogen and oxygen atoms in total. The van der Waals surface area contributed by atoms with Crippen molar-refractivity contribution in [2.45, 2.75) is 26.8 Å². The quantitative estimate of drug-likeness (QED) is 0.834. The van der Waals surface area contributed by atoms with Gasteiger partial charge in [-0.25, -0.2) is 0 Å². The molecule has 1 atom stereocenters. The zero-order chi connectivity index (χ0) is 13.5. The maximum atomic E-state index is 9.22. The highest BCUT2D eigenvalue weighted by molar-refractivity contribution is 9.10. The minimum absolute atomic E-state index is 0.199. The summed E-state index contributed by atoms with van der Waals surface area (Å²) in [6.45, 7) is 10.3. The second-order valence-corrected chi connectivity index (χ2v) is 6.24. The average Bonchev–Trinajstić information content (AvgIpc) is 2.70. The molecule has 0 bridgehead atoms. The molecule has 0 aliphatic carbocycles. The van der Waals surface area contributed by atoms with Gasteiger partial charge in [-0.1, -0.05) is 13.8 Å². The fourth-order valence-corrected chi connectivity index (χ4v) is 3.32. The van der Waals surface area contributed by atoms with E-state index >= 15 is 0 Å². The standard InChI is InChI=1S/C13H20BrN3S/c1-4-17(5-2)7-6-16-12(9-15)13-8-11(14)10(3)18-13/h8,12,16H,4-7H2,1-3H3. The molecule has 0 fully saturated rings. The summed E-state index contributed by atoms with van der Waals surface area (Å²) in [4.78, 5) is 4.65. The SMILES string of the molecule is CCN(CC)CCNC(C#N)c1cc(Br)c(C)s1. The van der Waals surface area contributed by atoms with Crippen molar-refractivity contribution in [2.24, 2.45) is 0 Å². The number of aryl methyl sites for hydroxylation is 1. The van der Waals surface area contributed by atoms with Gasteiger partial charge in [0.05, 0.1) is 6.07 Å². The lowest BCUT2D eigenvalue weighted by Crippen LogP contribution is -2.33. The van der Waals surface area contributed by atoms with Crippen molar-refractivity contribution in [1.82, 2.24) is 10.2 Å². The van der Waals surface area contributed by atoms with Gasteiger partial charge in [-0.15, -0.1) is 11.3 Å². The first-order valence-electron chi connectivity index (χ1n) is 6.23. The molecule has 100 valence electrons. The Morgan fingerprint density at radius 1 is 1.50 bits per heavy atom. The summed E-state index contributed by atoms with van der Waals surface area (Å²) in [6.07, 6.45) is 0. The second kappa shape index (κ2) is 7.90. The van der Waals surface area contributed by atoms with Crippen molar-refractivity contribution < 1.29 is 0 Å². The van der Waals surface area contributed by atoms with E-state index in [1.54, 1.807) is 11.3 Å².